The number of benzene rings is 1. The van der Waals surface area contributed by atoms with Gasteiger partial charge in [-0.1, -0.05) is 23.4 Å². The number of carbonyl (C=O) groups excluding carboxylic acids is 1. The molecule has 0 spiro atoms. The molecule has 0 fully saturated rings. The fourth-order valence-electron chi connectivity index (χ4n) is 2.36. The van der Waals surface area contributed by atoms with E-state index in [1.54, 1.807) is 30.1 Å². The fraction of sp³-hybridized carbons (Fsp3) is 0.294. The van der Waals surface area contributed by atoms with Crippen molar-refractivity contribution in [3.05, 3.63) is 63.6 Å². The first-order valence-corrected chi connectivity index (χ1v) is 8.66. The van der Waals surface area contributed by atoms with Crippen molar-refractivity contribution in [1.82, 2.24) is 24.9 Å². The third-order valence-corrected chi connectivity index (χ3v) is 5.08. The van der Waals surface area contributed by atoms with Crippen molar-refractivity contribution in [2.24, 2.45) is 0 Å². The molecule has 8 heteroatoms. The van der Waals surface area contributed by atoms with Gasteiger partial charge in [0.05, 0.1) is 18.8 Å². The molecule has 1 atom stereocenters. The molecule has 1 aromatic carbocycles. The van der Waals surface area contributed by atoms with E-state index in [2.05, 4.69) is 15.3 Å². The van der Waals surface area contributed by atoms with Gasteiger partial charge in [-0.15, -0.1) is 16.4 Å². The smallest absolute Gasteiger partial charge is 0.276 e. The molecule has 0 saturated heterocycles. The Hall–Kier alpha value is -2.61. The summed E-state index contributed by atoms with van der Waals surface area (Å²) in [5.41, 5.74) is 1.65. The lowest BCUT2D eigenvalue weighted by Crippen LogP contribution is -2.30. The third-order valence-electron chi connectivity index (χ3n) is 3.94. The van der Waals surface area contributed by atoms with Crippen LogP contribution in [0.25, 0.3) is 0 Å². The van der Waals surface area contributed by atoms with E-state index in [0.29, 0.717) is 5.56 Å². The van der Waals surface area contributed by atoms with Crippen molar-refractivity contribution in [1.29, 1.82) is 0 Å². The second-order valence-corrected chi connectivity index (χ2v) is 6.70. The molecule has 1 amide bonds. The predicted octanol–water partition coefficient (Wildman–Crippen LogP) is 3.06. The van der Waals surface area contributed by atoms with E-state index in [0.717, 1.165) is 10.7 Å². The number of hydrogen-bond acceptors (Lipinski definition) is 5. The molecular formula is C17H18FN5OS. The largest absolute Gasteiger partial charge is 0.331 e. The number of hydrogen-bond donors (Lipinski definition) is 0. The van der Waals surface area contributed by atoms with Crippen LogP contribution in [-0.4, -0.2) is 37.8 Å². The first-order valence-electron chi connectivity index (χ1n) is 7.78. The van der Waals surface area contributed by atoms with Crippen LogP contribution in [-0.2, 0) is 6.54 Å². The quantitative estimate of drug-likeness (QED) is 0.702. The maximum atomic E-state index is 13.7. The first-order chi connectivity index (χ1) is 12.0. The van der Waals surface area contributed by atoms with Crippen molar-refractivity contribution >= 4 is 17.2 Å². The summed E-state index contributed by atoms with van der Waals surface area (Å²) < 4.78 is 15.2. The Balaban J connectivity index is 1.73. The molecule has 0 aliphatic carbocycles. The molecular weight excluding hydrogens is 341 g/mol. The van der Waals surface area contributed by atoms with Crippen molar-refractivity contribution in [2.45, 2.75) is 26.4 Å². The molecule has 0 radical (unpaired) electrons. The highest BCUT2D eigenvalue weighted by molar-refractivity contribution is 7.09. The zero-order valence-corrected chi connectivity index (χ0v) is 15.0. The average Bonchev–Trinajstić information content (AvgIpc) is 3.24. The van der Waals surface area contributed by atoms with Crippen LogP contribution in [0, 0.1) is 12.7 Å². The molecule has 6 nitrogen and oxygen atoms in total. The summed E-state index contributed by atoms with van der Waals surface area (Å²) in [6.07, 6.45) is 1.53. The van der Waals surface area contributed by atoms with Crippen LogP contribution in [0.4, 0.5) is 4.39 Å². The minimum absolute atomic E-state index is 0.164. The molecule has 0 bridgehead atoms. The van der Waals surface area contributed by atoms with Gasteiger partial charge in [-0.3, -0.25) is 4.79 Å². The molecule has 0 aliphatic rings. The molecule has 2 aromatic heterocycles. The molecule has 3 aromatic rings. The van der Waals surface area contributed by atoms with Gasteiger partial charge in [0.1, 0.15) is 10.8 Å². The summed E-state index contributed by atoms with van der Waals surface area (Å²) >= 11 is 1.52. The summed E-state index contributed by atoms with van der Waals surface area (Å²) in [7, 11) is 1.71. The lowest BCUT2D eigenvalue weighted by Gasteiger charge is -2.22. The number of amides is 1. The number of halogens is 1. The van der Waals surface area contributed by atoms with Gasteiger partial charge in [-0.2, -0.15) is 0 Å². The van der Waals surface area contributed by atoms with Gasteiger partial charge in [-0.25, -0.2) is 14.1 Å². The summed E-state index contributed by atoms with van der Waals surface area (Å²) in [6.45, 7) is 4.06. The van der Waals surface area contributed by atoms with Crippen LogP contribution in [0.5, 0.6) is 0 Å². The lowest BCUT2D eigenvalue weighted by molar-refractivity contribution is 0.0736. The van der Waals surface area contributed by atoms with Crippen LogP contribution in [0.3, 0.4) is 0 Å². The Morgan fingerprint density at radius 1 is 1.40 bits per heavy atom. The Bertz CT molecular complexity index is 891. The molecule has 25 heavy (non-hydrogen) atoms. The van der Waals surface area contributed by atoms with Crippen molar-refractivity contribution in [3.63, 3.8) is 0 Å². The summed E-state index contributed by atoms with van der Waals surface area (Å²) in [5, 5.41) is 10.7. The zero-order chi connectivity index (χ0) is 18.0. The fourth-order valence-corrected chi connectivity index (χ4v) is 3.26. The predicted molar refractivity (Wildman–Crippen MR) is 92.9 cm³/mol. The molecule has 0 saturated carbocycles. The average molecular weight is 359 g/mol. The van der Waals surface area contributed by atoms with Gasteiger partial charge in [0.15, 0.2) is 5.69 Å². The highest BCUT2D eigenvalue weighted by atomic mass is 32.1. The van der Waals surface area contributed by atoms with Crippen LogP contribution < -0.4 is 0 Å². The number of aryl methyl sites for hydroxylation is 1. The molecule has 1 unspecified atom stereocenters. The lowest BCUT2D eigenvalue weighted by atomic mass is 10.2. The number of nitrogens with zero attached hydrogens (tertiary/aromatic N) is 5. The van der Waals surface area contributed by atoms with Crippen molar-refractivity contribution in [3.8, 4) is 0 Å². The standard InChI is InChI=1S/C17H18FN5OS/c1-11-10-25-16(19-11)12(2)22(3)17(24)15-9-23(21-20-15)8-13-6-4-5-7-14(13)18/h4-7,9-10,12H,8H2,1-3H3. The SMILES string of the molecule is Cc1csc(C(C)N(C)C(=O)c2cn(Cc3ccccc3F)nn2)n1. The Labute approximate surface area is 148 Å². The van der Waals surface area contributed by atoms with Crippen LogP contribution in [0.1, 0.15) is 39.7 Å². The Morgan fingerprint density at radius 3 is 2.84 bits per heavy atom. The van der Waals surface area contributed by atoms with Gasteiger partial charge < -0.3 is 4.90 Å². The maximum Gasteiger partial charge on any atom is 0.276 e. The summed E-state index contributed by atoms with van der Waals surface area (Å²) in [5.74, 6) is -0.559. The highest BCUT2D eigenvalue weighted by Gasteiger charge is 2.23. The molecule has 0 N–H and O–H groups in total. The van der Waals surface area contributed by atoms with E-state index < -0.39 is 0 Å². The number of rotatable bonds is 5. The van der Waals surface area contributed by atoms with E-state index in [1.165, 1.54) is 28.3 Å². The number of thiazole rings is 1. The van der Waals surface area contributed by atoms with Crippen LogP contribution in [0.15, 0.2) is 35.8 Å². The van der Waals surface area contributed by atoms with Crippen LogP contribution >= 0.6 is 11.3 Å². The molecule has 0 aliphatic heterocycles. The molecule has 2 heterocycles. The Kier molecular flexibility index (Phi) is 4.89. The monoisotopic (exact) mass is 359 g/mol. The first kappa shape index (κ1) is 17.2. The Morgan fingerprint density at radius 2 is 2.16 bits per heavy atom. The van der Waals surface area contributed by atoms with E-state index in [-0.39, 0.29) is 30.0 Å². The minimum atomic E-state index is -0.309. The van der Waals surface area contributed by atoms with E-state index >= 15 is 0 Å². The zero-order valence-electron chi connectivity index (χ0n) is 14.2. The summed E-state index contributed by atoms with van der Waals surface area (Å²) in [4.78, 5) is 18.6. The van der Waals surface area contributed by atoms with Gasteiger partial charge in [-0.05, 0) is 19.9 Å². The van der Waals surface area contributed by atoms with Gasteiger partial charge in [0.25, 0.3) is 5.91 Å². The minimum Gasteiger partial charge on any atom is -0.331 e. The number of carbonyl (C=O) groups is 1. The second-order valence-electron chi connectivity index (χ2n) is 5.81. The van der Waals surface area contributed by atoms with E-state index in [1.807, 2.05) is 19.2 Å². The third kappa shape index (κ3) is 3.74. The van der Waals surface area contributed by atoms with Gasteiger partial charge in [0, 0.05) is 23.7 Å². The summed E-state index contributed by atoms with van der Waals surface area (Å²) in [6, 6.07) is 6.29. The van der Waals surface area contributed by atoms with Crippen molar-refractivity contribution < 1.29 is 9.18 Å². The second kappa shape index (κ2) is 7.10. The van der Waals surface area contributed by atoms with E-state index in [4.69, 9.17) is 0 Å². The molecule has 130 valence electrons. The van der Waals surface area contributed by atoms with Crippen molar-refractivity contribution in [2.75, 3.05) is 7.05 Å². The van der Waals surface area contributed by atoms with Crippen LogP contribution in [0.2, 0.25) is 0 Å². The highest BCUT2D eigenvalue weighted by Crippen LogP contribution is 2.23. The number of aromatic nitrogens is 4. The van der Waals surface area contributed by atoms with Gasteiger partial charge >= 0.3 is 0 Å². The normalized spacial score (nSPS) is 12.2. The molecule has 3 rings (SSSR count). The topological polar surface area (TPSA) is 63.9 Å². The van der Waals surface area contributed by atoms with E-state index in [9.17, 15) is 9.18 Å². The maximum absolute atomic E-state index is 13.7. The van der Waals surface area contributed by atoms with Gasteiger partial charge in [0.2, 0.25) is 0 Å².